The second-order valence-corrected chi connectivity index (χ2v) is 2.17. The maximum absolute atomic E-state index is 10.5. The average molecular weight is 139 g/mol. The highest BCUT2D eigenvalue weighted by atomic mass is 16.1. The molecule has 4 nitrogen and oxygen atoms in total. The van der Waals surface area contributed by atoms with Gasteiger partial charge in [-0.15, -0.1) is 0 Å². The summed E-state index contributed by atoms with van der Waals surface area (Å²) in [7, 11) is 0. The molecule has 2 N–H and O–H groups in total. The van der Waals surface area contributed by atoms with Crippen molar-refractivity contribution in [1.29, 1.82) is 0 Å². The number of nitrogen functional groups attached to an aromatic ring is 1. The van der Waals surface area contributed by atoms with E-state index >= 15 is 0 Å². The number of aromatic nitrogens is 2. The Kier molecular flexibility index (Phi) is 1.71. The summed E-state index contributed by atoms with van der Waals surface area (Å²) < 4.78 is 1.51. The van der Waals surface area contributed by atoms with Gasteiger partial charge in [0.25, 0.3) is 0 Å². The zero-order valence-corrected chi connectivity index (χ0v) is 5.74. The van der Waals surface area contributed by atoms with Crippen molar-refractivity contribution in [1.82, 2.24) is 9.78 Å². The summed E-state index contributed by atoms with van der Waals surface area (Å²) in [6.07, 6.45) is 3.14. The molecule has 0 amide bonds. The van der Waals surface area contributed by atoms with E-state index in [0.29, 0.717) is 12.2 Å². The Balaban J connectivity index is 2.67. The molecule has 10 heavy (non-hydrogen) atoms. The SMILES string of the molecule is CC(=O)Cn1cc(N)cn1. The Bertz CT molecular complexity index is 241. The lowest BCUT2D eigenvalue weighted by Crippen LogP contribution is -2.05. The summed E-state index contributed by atoms with van der Waals surface area (Å²) in [5.41, 5.74) is 5.94. The lowest BCUT2D eigenvalue weighted by Gasteiger charge is -1.92. The molecular formula is C6H9N3O. The third-order valence-electron chi connectivity index (χ3n) is 1.04. The van der Waals surface area contributed by atoms with E-state index in [9.17, 15) is 4.79 Å². The van der Waals surface area contributed by atoms with Crippen molar-refractivity contribution in [2.24, 2.45) is 0 Å². The molecule has 1 aromatic heterocycles. The summed E-state index contributed by atoms with van der Waals surface area (Å²) in [6.45, 7) is 1.81. The van der Waals surface area contributed by atoms with Crippen LogP contribution in [0.5, 0.6) is 0 Å². The minimum atomic E-state index is 0.0723. The third-order valence-corrected chi connectivity index (χ3v) is 1.04. The molecule has 0 aliphatic rings. The van der Waals surface area contributed by atoms with E-state index < -0.39 is 0 Å². The molecule has 0 aliphatic carbocycles. The number of rotatable bonds is 2. The van der Waals surface area contributed by atoms with Gasteiger partial charge < -0.3 is 5.73 Å². The van der Waals surface area contributed by atoms with Crippen LogP contribution in [0, 0.1) is 0 Å². The first kappa shape index (κ1) is 6.80. The molecule has 0 saturated heterocycles. The van der Waals surface area contributed by atoms with Gasteiger partial charge in [-0.2, -0.15) is 5.10 Å². The molecule has 0 spiro atoms. The summed E-state index contributed by atoms with van der Waals surface area (Å²) in [5.74, 6) is 0.0723. The molecule has 1 aromatic rings. The summed E-state index contributed by atoms with van der Waals surface area (Å²) >= 11 is 0. The molecular weight excluding hydrogens is 130 g/mol. The highest BCUT2D eigenvalue weighted by Crippen LogP contribution is 1.96. The van der Waals surface area contributed by atoms with Crippen LogP contribution in [-0.2, 0) is 11.3 Å². The van der Waals surface area contributed by atoms with Crippen molar-refractivity contribution in [2.75, 3.05) is 5.73 Å². The van der Waals surface area contributed by atoms with Crippen LogP contribution >= 0.6 is 0 Å². The highest BCUT2D eigenvalue weighted by Gasteiger charge is 1.96. The predicted octanol–water partition coefficient (Wildman–Crippen LogP) is 0.0543. The number of nitrogens with two attached hydrogens (primary N) is 1. The number of nitrogens with zero attached hydrogens (tertiary/aromatic N) is 2. The lowest BCUT2D eigenvalue weighted by molar-refractivity contribution is -0.117. The third kappa shape index (κ3) is 1.58. The fraction of sp³-hybridized carbons (Fsp3) is 0.333. The Hall–Kier alpha value is -1.32. The number of hydrogen-bond acceptors (Lipinski definition) is 3. The second-order valence-electron chi connectivity index (χ2n) is 2.17. The van der Waals surface area contributed by atoms with Gasteiger partial charge in [0, 0.05) is 6.20 Å². The Morgan fingerprint density at radius 3 is 3.00 bits per heavy atom. The summed E-state index contributed by atoms with van der Waals surface area (Å²) in [5, 5.41) is 3.83. The Morgan fingerprint density at radius 1 is 1.90 bits per heavy atom. The fourth-order valence-corrected chi connectivity index (χ4v) is 0.694. The smallest absolute Gasteiger partial charge is 0.151 e. The standard InChI is InChI=1S/C6H9N3O/c1-5(10)3-9-4-6(7)2-8-9/h2,4H,3,7H2,1H3. The van der Waals surface area contributed by atoms with Gasteiger partial charge in [0.1, 0.15) is 0 Å². The normalized spacial score (nSPS) is 9.70. The van der Waals surface area contributed by atoms with Crippen LogP contribution in [0.1, 0.15) is 6.92 Å². The summed E-state index contributed by atoms with van der Waals surface area (Å²) in [6, 6.07) is 0. The van der Waals surface area contributed by atoms with E-state index in [1.165, 1.54) is 17.8 Å². The predicted molar refractivity (Wildman–Crippen MR) is 37.3 cm³/mol. The molecule has 0 atom stereocenters. The van der Waals surface area contributed by atoms with Gasteiger partial charge in [-0.3, -0.25) is 9.48 Å². The van der Waals surface area contributed by atoms with Gasteiger partial charge in [0.15, 0.2) is 5.78 Å². The number of ketones is 1. The average Bonchev–Trinajstić information content (AvgIpc) is 2.13. The molecule has 54 valence electrons. The fourth-order valence-electron chi connectivity index (χ4n) is 0.694. The van der Waals surface area contributed by atoms with Crippen LogP contribution in [0.2, 0.25) is 0 Å². The highest BCUT2D eigenvalue weighted by molar-refractivity contribution is 5.75. The number of anilines is 1. The maximum Gasteiger partial charge on any atom is 0.151 e. The van der Waals surface area contributed by atoms with Gasteiger partial charge in [0.05, 0.1) is 18.4 Å². The molecule has 0 saturated carbocycles. The van der Waals surface area contributed by atoms with E-state index in [4.69, 9.17) is 5.73 Å². The van der Waals surface area contributed by atoms with E-state index in [0.717, 1.165) is 0 Å². The van der Waals surface area contributed by atoms with Crippen LogP contribution in [0.3, 0.4) is 0 Å². The van der Waals surface area contributed by atoms with Crippen LogP contribution in [0.4, 0.5) is 5.69 Å². The topological polar surface area (TPSA) is 60.9 Å². The van der Waals surface area contributed by atoms with E-state index in [-0.39, 0.29) is 5.78 Å². The maximum atomic E-state index is 10.5. The van der Waals surface area contributed by atoms with Crippen molar-refractivity contribution in [2.45, 2.75) is 13.5 Å². The first-order chi connectivity index (χ1) is 4.68. The zero-order chi connectivity index (χ0) is 7.56. The molecule has 0 aliphatic heterocycles. The van der Waals surface area contributed by atoms with E-state index in [2.05, 4.69) is 5.10 Å². The van der Waals surface area contributed by atoms with Crippen LogP contribution < -0.4 is 5.73 Å². The van der Waals surface area contributed by atoms with Crippen molar-refractivity contribution < 1.29 is 4.79 Å². The lowest BCUT2D eigenvalue weighted by atomic mass is 10.4. The molecule has 0 bridgehead atoms. The van der Waals surface area contributed by atoms with Crippen LogP contribution in [-0.4, -0.2) is 15.6 Å². The molecule has 0 fully saturated rings. The first-order valence-electron chi connectivity index (χ1n) is 2.96. The zero-order valence-electron chi connectivity index (χ0n) is 5.74. The Labute approximate surface area is 58.6 Å². The largest absolute Gasteiger partial charge is 0.396 e. The minimum absolute atomic E-state index is 0.0723. The molecule has 4 heteroatoms. The Morgan fingerprint density at radius 2 is 2.60 bits per heavy atom. The van der Waals surface area contributed by atoms with Crippen molar-refractivity contribution in [3.05, 3.63) is 12.4 Å². The van der Waals surface area contributed by atoms with Gasteiger partial charge in [-0.1, -0.05) is 0 Å². The van der Waals surface area contributed by atoms with Gasteiger partial charge >= 0.3 is 0 Å². The molecule has 1 rings (SSSR count). The molecule has 1 heterocycles. The van der Waals surface area contributed by atoms with Gasteiger partial charge in [0.2, 0.25) is 0 Å². The molecule has 0 radical (unpaired) electrons. The first-order valence-corrected chi connectivity index (χ1v) is 2.96. The number of hydrogen-bond donors (Lipinski definition) is 1. The van der Waals surface area contributed by atoms with Crippen LogP contribution in [0.15, 0.2) is 12.4 Å². The quantitative estimate of drug-likeness (QED) is 0.630. The second kappa shape index (κ2) is 2.51. The van der Waals surface area contributed by atoms with Crippen molar-refractivity contribution in [3.63, 3.8) is 0 Å². The van der Waals surface area contributed by atoms with E-state index in [1.807, 2.05) is 0 Å². The number of carbonyl (C=O) groups excluding carboxylic acids is 1. The molecule has 0 unspecified atom stereocenters. The van der Waals surface area contributed by atoms with Gasteiger partial charge in [-0.25, -0.2) is 0 Å². The van der Waals surface area contributed by atoms with Crippen molar-refractivity contribution in [3.8, 4) is 0 Å². The number of Topliss-reactive ketones (excluding diaryl/α,β-unsaturated/α-hetero) is 1. The van der Waals surface area contributed by atoms with Crippen molar-refractivity contribution >= 4 is 11.5 Å². The van der Waals surface area contributed by atoms with Crippen LogP contribution in [0.25, 0.3) is 0 Å². The van der Waals surface area contributed by atoms with Gasteiger partial charge in [-0.05, 0) is 6.92 Å². The van der Waals surface area contributed by atoms with E-state index in [1.54, 1.807) is 6.20 Å². The monoisotopic (exact) mass is 139 g/mol. The summed E-state index contributed by atoms with van der Waals surface area (Å²) in [4.78, 5) is 10.5. The number of carbonyl (C=O) groups is 1. The minimum Gasteiger partial charge on any atom is -0.396 e. The molecule has 0 aromatic carbocycles.